The van der Waals surface area contributed by atoms with Crippen LogP contribution in [0.25, 0.3) is 11.3 Å². The average molecular weight is 648 g/mol. The molecular formula is C35H32F3N3O6. The molecule has 2 atom stereocenters. The molecule has 2 N–H and O–H groups in total. The van der Waals surface area contributed by atoms with Gasteiger partial charge in [-0.05, 0) is 34.7 Å². The second kappa shape index (κ2) is 15.2. The molecule has 0 saturated carbocycles. The molecule has 0 aliphatic carbocycles. The largest absolute Gasteiger partial charge is 0.460 e. The molecule has 47 heavy (non-hydrogen) atoms. The monoisotopic (exact) mass is 647 g/mol. The van der Waals surface area contributed by atoms with Crippen molar-refractivity contribution in [3.63, 3.8) is 0 Å². The van der Waals surface area contributed by atoms with Crippen LogP contribution >= 0.6 is 0 Å². The molecule has 4 aromatic rings. The predicted octanol–water partition coefficient (Wildman–Crippen LogP) is 5.25. The van der Waals surface area contributed by atoms with Crippen molar-refractivity contribution >= 4 is 29.3 Å². The number of anilines is 1. The topological polar surface area (TPSA) is 124 Å². The van der Waals surface area contributed by atoms with Gasteiger partial charge in [0, 0.05) is 0 Å². The Labute approximate surface area is 268 Å². The van der Waals surface area contributed by atoms with Gasteiger partial charge in [0.1, 0.15) is 18.8 Å². The molecule has 2 amide bonds. The van der Waals surface area contributed by atoms with Crippen molar-refractivity contribution in [3.05, 3.63) is 125 Å². The van der Waals surface area contributed by atoms with Crippen molar-refractivity contribution in [2.75, 3.05) is 5.32 Å². The summed E-state index contributed by atoms with van der Waals surface area (Å²) in [6.07, 6.45) is -5.18. The van der Waals surface area contributed by atoms with E-state index in [2.05, 4.69) is 10.6 Å². The van der Waals surface area contributed by atoms with Gasteiger partial charge in [0.15, 0.2) is 5.92 Å². The third-order valence-electron chi connectivity index (χ3n) is 7.20. The number of carbonyl (C=O) groups excluding carboxylic acids is 4. The van der Waals surface area contributed by atoms with Gasteiger partial charge in [-0.3, -0.25) is 28.5 Å². The number of aromatic nitrogens is 1. The van der Waals surface area contributed by atoms with Crippen molar-refractivity contribution in [2.45, 2.75) is 45.1 Å². The molecule has 0 radical (unpaired) electrons. The minimum atomic E-state index is -5.18. The Bertz CT molecular complexity index is 1780. The minimum Gasteiger partial charge on any atom is -0.460 e. The van der Waals surface area contributed by atoms with Gasteiger partial charge in [-0.15, -0.1) is 0 Å². The Kier molecular flexibility index (Phi) is 11.1. The second-order valence-electron chi connectivity index (χ2n) is 11.0. The molecule has 2 unspecified atom stereocenters. The molecule has 9 nitrogen and oxygen atoms in total. The number of nitrogens with zero attached hydrogens (tertiary/aromatic N) is 1. The number of alkyl halides is 3. The molecule has 1 heterocycles. The molecule has 0 aliphatic heterocycles. The van der Waals surface area contributed by atoms with Crippen LogP contribution in [-0.2, 0) is 37.1 Å². The smallest absolute Gasteiger partial charge is 0.452 e. The number of ether oxygens (including phenoxy) is 1. The molecule has 0 aliphatic rings. The Morgan fingerprint density at radius 3 is 1.96 bits per heavy atom. The zero-order valence-electron chi connectivity index (χ0n) is 25.5. The summed E-state index contributed by atoms with van der Waals surface area (Å²) in [6, 6.07) is 26.2. The Hall–Kier alpha value is -5.52. The van der Waals surface area contributed by atoms with E-state index in [1.54, 1.807) is 91.0 Å². The summed E-state index contributed by atoms with van der Waals surface area (Å²) in [5, 5.41) is 4.57. The maximum atomic E-state index is 13.8. The molecule has 0 fully saturated rings. The van der Waals surface area contributed by atoms with Crippen molar-refractivity contribution in [3.8, 4) is 11.3 Å². The summed E-state index contributed by atoms with van der Waals surface area (Å²) in [7, 11) is 0. The SMILES string of the molecule is CC(C)C(NC(=O)Cn1c(-c2ccccc2)ccc(NC(=O)C(C(=O)OCc2ccccc2)c2ccccc2)c1=O)C(=O)C(F)(F)F. The van der Waals surface area contributed by atoms with E-state index >= 15 is 0 Å². The fourth-order valence-electron chi connectivity index (χ4n) is 4.82. The molecule has 4 rings (SSSR count). The summed E-state index contributed by atoms with van der Waals surface area (Å²) in [5.41, 5.74) is 0.538. The highest BCUT2D eigenvalue weighted by Gasteiger charge is 2.45. The van der Waals surface area contributed by atoms with E-state index in [0.717, 1.165) is 4.57 Å². The highest BCUT2D eigenvalue weighted by Crippen LogP contribution is 2.24. The van der Waals surface area contributed by atoms with E-state index in [1.165, 1.54) is 26.0 Å². The maximum Gasteiger partial charge on any atom is 0.452 e. The lowest BCUT2D eigenvalue weighted by atomic mass is 9.98. The lowest BCUT2D eigenvalue weighted by molar-refractivity contribution is -0.174. The summed E-state index contributed by atoms with van der Waals surface area (Å²) in [6.45, 7) is 1.82. The molecule has 0 spiro atoms. The van der Waals surface area contributed by atoms with Crippen LogP contribution in [0.4, 0.5) is 18.9 Å². The van der Waals surface area contributed by atoms with E-state index < -0.39 is 59.7 Å². The van der Waals surface area contributed by atoms with E-state index in [0.29, 0.717) is 16.7 Å². The van der Waals surface area contributed by atoms with E-state index in [-0.39, 0.29) is 18.0 Å². The molecule has 244 valence electrons. The van der Waals surface area contributed by atoms with Crippen LogP contribution in [0.5, 0.6) is 0 Å². The highest BCUT2D eigenvalue weighted by atomic mass is 19.4. The quantitative estimate of drug-likeness (QED) is 0.160. The van der Waals surface area contributed by atoms with Gasteiger partial charge < -0.3 is 15.4 Å². The van der Waals surface area contributed by atoms with Crippen LogP contribution in [0.1, 0.15) is 30.9 Å². The van der Waals surface area contributed by atoms with Crippen LogP contribution in [0.15, 0.2) is 108 Å². The Balaban J connectivity index is 1.66. The summed E-state index contributed by atoms with van der Waals surface area (Å²) >= 11 is 0. The molecule has 1 aromatic heterocycles. The number of nitrogens with one attached hydrogen (secondary N) is 2. The van der Waals surface area contributed by atoms with E-state index in [4.69, 9.17) is 4.74 Å². The fourth-order valence-corrected chi connectivity index (χ4v) is 4.82. The first-order valence-electron chi connectivity index (χ1n) is 14.6. The average Bonchev–Trinajstić information content (AvgIpc) is 3.05. The standard InChI is InChI=1S/C35H32F3N3O6/c1-22(2)30(31(43)35(36,37)38)40-28(42)20-41-27(24-14-8-4-9-15-24)19-18-26(33(41)45)39-32(44)29(25-16-10-5-11-17-25)34(46)47-21-23-12-6-3-7-13-23/h3-19,22,29-30H,20-21H2,1-2H3,(H,39,44)(H,40,42). The Morgan fingerprint density at radius 1 is 0.809 bits per heavy atom. The van der Waals surface area contributed by atoms with Crippen LogP contribution in [0, 0.1) is 5.92 Å². The van der Waals surface area contributed by atoms with Crippen LogP contribution < -0.4 is 16.2 Å². The zero-order chi connectivity index (χ0) is 34.1. The van der Waals surface area contributed by atoms with Gasteiger partial charge in [0.05, 0.1) is 11.7 Å². The van der Waals surface area contributed by atoms with Crippen LogP contribution in [0.3, 0.4) is 0 Å². The number of ketones is 1. The van der Waals surface area contributed by atoms with Crippen molar-refractivity contribution in [1.29, 1.82) is 0 Å². The lowest BCUT2D eigenvalue weighted by Crippen LogP contribution is -2.50. The van der Waals surface area contributed by atoms with Crippen molar-refractivity contribution < 1.29 is 37.1 Å². The molecule has 0 bridgehead atoms. The van der Waals surface area contributed by atoms with E-state index in [1.807, 2.05) is 0 Å². The number of hydrogen-bond acceptors (Lipinski definition) is 6. The van der Waals surface area contributed by atoms with Crippen molar-refractivity contribution in [1.82, 2.24) is 9.88 Å². The number of pyridine rings is 1. The summed E-state index contributed by atoms with van der Waals surface area (Å²) in [4.78, 5) is 65.7. The molecule has 3 aromatic carbocycles. The number of halogens is 3. The van der Waals surface area contributed by atoms with Gasteiger partial charge >= 0.3 is 12.1 Å². The normalized spacial score (nSPS) is 12.6. The van der Waals surface area contributed by atoms with Gasteiger partial charge in [0.2, 0.25) is 11.8 Å². The number of carbonyl (C=O) groups is 4. The zero-order valence-corrected chi connectivity index (χ0v) is 25.5. The molecule has 12 heteroatoms. The highest BCUT2D eigenvalue weighted by molar-refractivity contribution is 6.09. The predicted molar refractivity (Wildman–Crippen MR) is 168 cm³/mol. The summed E-state index contributed by atoms with van der Waals surface area (Å²) in [5.74, 6) is -7.28. The molecular weight excluding hydrogens is 615 g/mol. The third kappa shape index (κ3) is 8.81. The minimum absolute atomic E-state index is 0.0990. The number of hydrogen-bond donors (Lipinski definition) is 2. The fraction of sp³-hybridized carbons (Fsp3) is 0.229. The lowest BCUT2D eigenvalue weighted by Gasteiger charge is -2.23. The Morgan fingerprint density at radius 2 is 1.38 bits per heavy atom. The maximum absolute atomic E-state index is 13.8. The van der Waals surface area contributed by atoms with Gasteiger partial charge in [-0.2, -0.15) is 13.2 Å². The van der Waals surface area contributed by atoms with Crippen molar-refractivity contribution in [2.24, 2.45) is 5.92 Å². The molecule has 0 saturated heterocycles. The van der Waals surface area contributed by atoms with Gasteiger partial charge in [-0.1, -0.05) is 105 Å². The van der Waals surface area contributed by atoms with Gasteiger partial charge in [-0.25, -0.2) is 0 Å². The number of esters is 1. The third-order valence-corrected chi connectivity index (χ3v) is 7.20. The first-order valence-corrected chi connectivity index (χ1v) is 14.6. The number of amides is 2. The van der Waals surface area contributed by atoms with E-state index in [9.17, 15) is 37.1 Å². The van der Waals surface area contributed by atoms with Crippen LogP contribution in [-0.4, -0.2) is 40.4 Å². The number of benzene rings is 3. The number of Topliss-reactive ketones (excluding diaryl/α,β-unsaturated/α-hetero) is 1. The second-order valence-corrected chi connectivity index (χ2v) is 11.0. The first-order chi connectivity index (χ1) is 22.4. The van der Waals surface area contributed by atoms with Crippen LogP contribution in [0.2, 0.25) is 0 Å². The number of rotatable bonds is 12. The first kappa shape index (κ1) is 34.4. The van der Waals surface area contributed by atoms with Gasteiger partial charge in [0.25, 0.3) is 11.3 Å². The summed E-state index contributed by atoms with van der Waals surface area (Å²) < 4.78 is 46.0.